The fraction of sp³-hybridized carbons (Fsp3) is 0.471. The fourth-order valence-corrected chi connectivity index (χ4v) is 2.59. The van der Waals surface area contributed by atoms with Gasteiger partial charge in [0.2, 0.25) is 0 Å². The Hall–Kier alpha value is -1.41. The van der Waals surface area contributed by atoms with Gasteiger partial charge in [-0.15, -0.1) is 13.2 Å². The summed E-state index contributed by atoms with van der Waals surface area (Å²) in [5.74, 6) is 0.345. The minimum absolute atomic E-state index is 0.0663. The first kappa shape index (κ1) is 15.6. The molecule has 1 aliphatic carbocycles. The largest absolute Gasteiger partial charge is 0.396 e. The molecule has 19 heavy (non-hydrogen) atoms. The van der Waals surface area contributed by atoms with Crippen LogP contribution in [-0.4, -0.2) is 17.5 Å². The van der Waals surface area contributed by atoms with E-state index in [1.165, 1.54) is 11.1 Å². The van der Waals surface area contributed by atoms with E-state index >= 15 is 0 Å². The van der Waals surface area contributed by atoms with Crippen LogP contribution < -0.4 is 0 Å². The summed E-state index contributed by atoms with van der Waals surface area (Å²) in [5, 5.41) is 9.63. The Bertz CT molecular complexity index is 396. The van der Waals surface area contributed by atoms with Gasteiger partial charge in [0.1, 0.15) is 5.78 Å². The van der Waals surface area contributed by atoms with Gasteiger partial charge in [-0.2, -0.15) is 0 Å². The fourth-order valence-electron chi connectivity index (χ4n) is 2.59. The van der Waals surface area contributed by atoms with Gasteiger partial charge in [0, 0.05) is 19.4 Å². The highest BCUT2D eigenvalue weighted by Gasteiger charge is 2.34. The molecule has 1 aliphatic rings. The lowest BCUT2D eigenvalue weighted by Gasteiger charge is -2.35. The second kappa shape index (κ2) is 7.25. The summed E-state index contributed by atoms with van der Waals surface area (Å²) in [6, 6.07) is 8.47. The average molecular weight is 260 g/mol. The number of hydrogen-bond acceptors (Lipinski definition) is 2. The van der Waals surface area contributed by atoms with Crippen molar-refractivity contribution in [3.63, 3.8) is 0 Å². The number of carbonyl (C=O) groups is 1. The minimum atomic E-state index is -0.0663. The van der Waals surface area contributed by atoms with Crippen LogP contribution in [-0.2, 0) is 11.2 Å². The van der Waals surface area contributed by atoms with E-state index in [4.69, 9.17) is 0 Å². The molecule has 0 radical (unpaired) electrons. The second-order valence-electron chi connectivity index (χ2n) is 5.36. The molecule has 0 amide bonds. The number of benzene rings is 1. The zero-order valence-electron chi connectivity index (χ0n) is 11.8. The summed E-state index contributed by atoms with van der Waals surface area (Å²) < 4.78 is 0. The van der Waals surface area contributed by atoms with Gasteiger partial charge in [-0.25, -0.2) is 0 Å². The zero-order chi connectivity index (χ0) is 14.3. The van der Waals surface area contributed by atoms with Gasteiger partial charge in [-0.3, -0.25) is 4.79 Å². The zero-order valence-corrected chi connectivity index (χ0v) is 11.8. The van der Waals surface area contributed by atoms with Crippen LogP contribution in [0.5, 0.6) is 0 Å². The van der Waals surface area contributed by atoms with Crippen molar-refractivity contribution in [2.45, 2.75) is 39.0 Å². The Labute approximate surface area is 116 Å². The Morgan fingerprint density at radius 1 is 1.16 bits per heavy atom. The normalized spacial score (nSPS) is 17.5. The van der Waals surface area contributed by atoms with Crippen LogP contribution in [0.25, 0.3) is 0 Å². The molecule has 1 aromatic rings. The predicted molar refractivity (Wildman–Crippen MR) is 79.1 cm³/mol. The van der Waals surface area contributed by atoms with E-state index in [0.29, 0.717) is 18.6 Å². The standard InChI is InChI=1S/C15H20O2.C2H4/c1-12-2-4-13(5-3-12)10-15(11-16)8-6-14(17)7-9-15;1-2/h2-5,16H,6-11H2,1H3;1-2H2. The summed E-state index contributed by atoms with van der Waals surface area (Å²) in [5.41, 5.74) is 2.45. The molecule has 1 aromatic carbocycles. The molecule has 0 spiro atoms. The summed E-state index contributed by atoms with van der Waals surface area (Å²) in [4.78, 5) is 11.3. The number of rotatable bonds is 3. The van der Waals surface area contributed by atoms with Crippen LogP contribution in [0.15, 0.2) is 37.4 Å². The van der Waals surface area contributed by atoms with Crippen molar-refractivity contribution in [3.05, 3.63) is 48.6 Å². The maximum Gasteiger partial charge on any atom is 0.132 e. The SMILES string of the molecule is C=C.Cc1ccc(CC2(CO)CCC(=O)CC2)cc1. The lowest BCUT2D eigenvalue weighted by molar-refractivity contribution is -0.123. The third kappa shape index (κ3) is 4.32. The summed E-state index contributed by atoms with van der Waals surface area (Å²) in [6.45, 7) is 8.26. The maximum atomic E-state index is 11.3. The van der Waals surface area contributed by atoms with Gasteiger partial charge < -0.3 is 5.11 Å². The van der Waals surface area contributed by atoms with Gasteiger partial charge >= 0.3 is 0 Å². The summed E-state index contributed by atoms with van der Waals surface area (Å²) in [6.07, 6.45) is 3.81. The number of ketones is 1. The number of aryl methyl sites for hydroxylation is 1. The second-order valence-corrected chi connectivity index (χ2v) is 5.36. The van der Waals surface area contributed by atoms with Crippen LogP contribution in [0.1, 0.15) is 36.8 Å². The van der Waals surface area contributed by atoms with E-state index in [-0.39, 0.29) is 12.0 Å². The molecule has 1 N–H and O–H groups in total. The van der Waals surface area contributed by atoms with Crippen LogP contribution in [0.4, 0.5) is 0 Å². The lowest BCUT2D eigenvalue weighted by Crippen LogP contribution is -2.33. The molecule has 0 aromatic heterocycles. The summed E-state index contributed by atoms with van der Waals surface area (Å²) >= 11 is 0. The number of aliphatic hydroxyl groups excluding tert-OH is 1. The maximum absolute atomic E-state index is 11.3. The Kier molecular flexibility index (Phi) is 5.97. The molecule has 0 bridgehead atoms. The quantitative estimate of drug-likeness (QED) is 0.845. The number of aliphatic hydroxyl groups is 1. The molecule has 2 rings (SSSR count). The third-order valence-corrected chi connectivity index (χ3v) is 3.90. The Morgan fingerprint density at radius 3 is 2.16 bits per heavy atom. The van der Waals surface area contributed by atoms with Crippen molar-refractivity contribution in [2.24, 2.45) is 5.41 Å². The van der Waals surface area contributed by atoms with Gasteiger partial charge in [0.05, 0.1) is 0 Å². The molecule has 1 fully saturated rings. The topological polar surface area (TPSA) is 37.3 Å². The van der Waals surface area contributed by atoms with E-state index in [9.17, 15) is 9.90 Å². The van der Waals surface area contributed by atoms with E-state index in [2.05, 4.69) is 44.3 Å². The van der Waals surface area contributed by atoms with Gasteiger partial charge in [-0.1, -0.05) is 29.8 Å². The Morgan fingerprint density at radius 2 is 1.68 bits per heavy atom. The molecule has 0 unspecified atom stereocenters. The third-order valence-electron chi connectivity index (χ3n) is 3.90. The minimum Gasteiger partial charge on any atom is -0.396 e. The molecular formula is C17H24O2. The van der Waals surface area contributed by atoms with Crippen LogP contribution in [0.3, 0.4) is 0 Å². The number of hydrogen-bond donors (Lipinski definition) is 1. The lowest BCUT2D eigenvalue weighted by atomic mass is 9.70. The van der Waals surface area contributed by atoms with E-state index < -0.39 is 0 Å². The molecule has 0 atom stereocenters. The molecule has 1 saturated carbocycles. The van der Waals surface area contributed by atoms with Crippen LogP contribution >= 0.6 is 0 Å². The van der Waals surface area contributed by atoms with E-state index in [1.54, 1.807) is 0 Å². The highest BCUT2D eigenvalue weighted by Crippen LogP contribution is 2.37. The van der Waals surface area contributed by atoms with Crippen molar-refractivity contribution >= 4 is 5.78 Å². The van der Waals surface area contributed by atoms with Gasteiger partial charge in [0.15, 0.2) is 0 Å². The van der Waals surface area contributed by atoms with Crippen molar-refractivity contribution in [1.29, 1.82) is 0 Å². The highest BCUT2D eigenvalue weighted by molar-refractivity contribution is 5.79. The first-order chi connectivity index (χ1) is 9.13. The number of carbonyl (C=O) groups excluding carboxylic acids is 1. The van der Waals surface area contributed by atoms with Gasteiger partial charge in [0.25, 0.3) is 0 Å². The van der Waals surface area contributed by atoms with E-state index in [0.717, 1.165) is 19.3 Å². The molecule has 2 heteroatoms. The molecular weight excluding hydrogens is 236 g/mol. The average Bonchev–Trinajstić information content (AvgIpc) is 2.46. The molecule has 0 saturated heterocycles. The highest BCUT2D eigenvalue weighted by atomic mass is 16.3. The van der Waals surface area contributed by atoms with Gasteiger partial charge in [-0.05, 0) is 37.2 Å². The van der Waals surface area contributed by atoms with Crippen molar-refractivity contribution < 1.29 is 9.90 Å². The monoisotopic (exact) mass is 260 g/mol. The molecule has 2 nitrogen and oxygen atoms in total. The molecule has 0 aliphatic heterocycles. The van der Waals surface area contributed by atoms with Crippen molar-refractivity contribution in [1.82, 2.24) is 0 Å². The first-order valence-electron chi connectivity index (χ1n) is 6.82. The Balaban J connectivity index is 0.000000861. The molecule has 0 heterocycles. The van der Waals surface area contributed by atoms with Crippen LogP contribution in [0.2, 0.25) is 0 Å². The predicted octanol–water partition coefficient (Wildman–Crippen LogP) is 3.46. The van der Waals surface area contributed by atoms with Crippen molar-refractivity contribution in [2.75, 3.05) is 6.61 Å². The van der Waals surface area contributed by atoms with Crippen LogP contribution in [0, 0.1) is 12.3 Å². The number of Topliss-reactive ketones (excluding diaryl/α,β-unsaturated/α-hetero) is 1. The smallest absolute Gasteiger partial charge is 0.132 e. The first-order valence-corrected chi connectivity index (χ1v) is 6.82. The molecule has 104 valence electrons. The van der Waals surface area contributed by atoms with E-state index in [1.807, 2.05) is 0 Å². The summed E-state index contributed by atoms with van der Waals surface area (Å²) in [7, 11) is 0. The van der Waals surface area contributed by atoms with Crippen molar-refractivity contribution in [3.8, 4) is 0 Å².